The summed E-state index contributed by atoms with van der Waals surface area (Å²) < 4.78 is 5.27. The van der Waals surface area contributed by atoms with Crippen LogP contribution in [0.15, 0.2) is 18.5 Å². The first kappa shape index (κ1) is 8.51. The van der Waals surface area contributed by atoms with E-state index in [-0.39, 0.29) is 11.7 Å². The van der Waals surface area contributed by atoms with Crippen LogP contribution in [0.1, 0.15) is 23.2 Å². The lowest BCUT2D eigenvalue weighted by Crippen LogP contribution is -2.24. The number of rotatable bonds is 2. The van der Waals surface area contributed by atoms with Gasteiger partial charge in [0.2, 0.25) is 0 Å². The van der Waals surface area contributed by atoms with Gasteiger partial charge in [0.15, 0.2) is 5.78 Å². The third-order valence-corrected chi connectivity index (χ3v) is 2.41. The Balaban J connectivity index is 2.04. The van der Waals surface area contributed by atoms with E-state index in [9.17, 15) is 4.79 Å². The van der Waals surface area contributed by atoms with Crippen molar-refractivity contribution in [1.82, 2.24) is 4.98 Å². The van der Waals surface area contributed by atoms with Gasteiger partial charge in [-0.1, -0.05) is 0 Å². The quantitative estimate of drug-likeness (QED) is 0.701. The highest BCUT2D eigenvalue weighted by molar-refractivity contribution is 5.97. The molecule has 1 N–H and O–H groups in total. The largest absolute Gasteiger partial charge is 0.381 e. The van der Waals surface area contributed by atoms with E-state index in [0.29, 0.717) is 6.61 Å². The molecule has 0 spiro atoms. The number of aromatic amines is 1. The lowest BCUT2D eigenvalue weighted by atomic mass is 9.94. The summed E-state index contributed by atoms with van der Waals surface area (Å²) in [5.41, 5.74) is 0.774. The first-order valence-corrected chi connectivity index (χ1v) is 4.62. The Morgan fingerprint density at radius 3 is 3.15 bits per heavy atom. The van der Waals surface area contributed by atoms with Crippen molar-refractivity contribution >= 4 is 5.78 Å². The van der Waals surface area contributed by atoms with Crippen LogP contribution >= 0.6 is 0 Å². The van der Waals surface area contributed by atoms with E-state index in [1.54, 1.807) is 12.4 Å². The molecule has 1 atom stereocenters. The van der Waals surface area contributed by atoms with Gasteiger partial charge >= 0.3 is 0 Å². The van der Waals surface area contributed by atoms with Gasteiger partial charge in [-0.3, -0.25) is 4.79 Å². The monoisotopic (exact) mass is 179 g/mol. The van der Waals surface area contributed by atoms with Gasteiger partial charge in [-0.2, -0.15) is 0 Å². The normalized spacial score (nSPS) is 22.9. The van der Waals surface area contributed by atoms with E-state index in [2.05, 4.69) is 4.98 Å². The standard InChI is InChI=1S/C10H13NO2/c12-10(8-3-4-11-6-8)9-2-1-5-13-7-9/h3-4,6,9,11H,1-2,5,7H2. The van der Waals surface area contributed by atoms with Crippen LogP contribution in [0.5, 0.6) is 0 Å². The van der Waals surface area contributed by atoms with Gasteiger partial charge in [-0.25, -0.2) is 0 Å². The van der Waals surface area contributed by atoms with Gasteiger partial charge in [0.1, 0.15) is 0 Å². The Bertz CT molecular complexity index is 273. The summed E-state index contributed by atoms with van der Waals surface area (Å²) in [5, 5.41) is 0. The van der Waals surface area contributed by atoms with Crippen molar-refractivity contribution < 1.29 is 9.53 Å². The maximum atomic E-state index is 11.8. The van der Waals surface area contributed by atoms with E-state index < -0.39 is 0 Å². The number of hydrogen-bond acceptors (Lipinski definition) is 2. The van der Waals surface area contributed by atoms with E-state index in [1.165, 1.54) is 0 Å². The van der Waals surface area contributed by atoms with E-state index in [4.69, 9.17) is 4.74 Å². The summed E-state index contributed by atoms with van der Waals surface area (Å²) in [6.07, 6.45) is 5.48. The van der Waals surface area contributed by atoms with Crippen LogP contribution in [-0.4, -0.2) is 24.0 Å². The van der Waals surface area contributed by atoms with E-state index >= 15 is 0 Å². The predicted molar refractivity (Wildman–Crippen MR) is 48.7 cm³/mol. The minimum atomic E-state index is 0.0737. The highest BCUT2D eigenvalue weighted by Crippen LogP contribution is 2.18. The summed E-state index contributed by atoms with van der Waals surface area (Å²) >= 11 is 0. The van der Waals surface area contributed by atoms with Crippen molar-refractivity contribution in [3.05, 3.63) is 24.0 Å². The average molecular weight is 179 g/mol. The second-order valence-corrected chi connectivity index (χ2v) is 3.38. The number of carbonyl (C=O) groups excluding carboxylic acids is 1. The first-order chi connectivity index (χ1) is 6.38. The summed E-state index contributed by atoms with van der Waals surface area (Å²) in [7, 11) is 0. The highest BCUT2D eigenvalue weighted by atomic mass is 16.5. The zero-order chi connectivity index (χ0) is 9.10. The third kappa shape index (κ3) is 1.80. The van der Waals surface area contributed by atoms with Crippen LogP contribution in [0.2, 0.25) is 0 Å². The van der Waals surface area contributed by atoms with Crippen molar-refractivity contribution in [3.63, 3.8) is 0 Å². The number of carbonyl (C=O) groups is 1. The minimum Gasteiger partial charge on any atom is -0.381 e. The number of nitrogens with one attached hydrogen (secondary N) is 1. The van der Waals surface area contributed by atoms with Crippen LogP contribution in [0.3, 0.4) is 0 Å². The van der Waals surface area contributed by atoms with Crippen LogP contribution in [-0.2, 0) is 4.74 Å². The van der Waals surface area contributed by atoms with Gasteiger partial charge < -0.3 is 9.72 Å². The van der Waals surface area contributed by atoms with Gasteiger partial charge in [0, 0.05) is 30.5 Å². The summed E-state index contributed by atoms with van der Waals surface area (Å²) in [5.74, 6) is 0.283. The number of aromatic nitrogens is 1. The molecular weight excluding hydrogens is 166 g/mol. The molecular formula is C10H13NO2. The molecule has 2 heterocycles. The molecule has 13 heavy (non-hydrogen) atoms. The lowest BCUT2D eigenvalue weighted by molar-refractivity contribution is 0.0461. The summed E-state index contributed by atoms with van der Waals surface area (Å²) in [4.78, 5) is 14.6. The number of H-pyrrole nitrogens is 1. The molecule has 3 nitrogen and oxygen atoms in total. The fourth-order valence-corrected chi connectivity index (χ4v) is 1.66. The number of ether oxygens (including phenoxy) is 1. The smallest absolute Gasteiger partial charge is 0.169 e. The third-order valence-electron chi connectivity index (χ3n) is 2.41. The molecule has 3 heteroatoms. The molecule has 1 saturated heterocycles. The lowest BCUT2D eigenvalue weighted by Gasteiger charge is -2.20. The molecule has 0 bridgehead atoms. The molecule has 1 aliphatic heterocycles. The van der Waals surface area contributed by atoms with Gasteiger partial charge in [0.05, 0.1) is 6.61 Å². The second-order valence-electron chi connectivity index (χ2n) is 3.38. The van der Waals surface area contributed by atoms with E-state index in [0.717, 1.165) is 25.0 Å². The Hall–Kier alpha value is -1.09. The molecule has 0 aromatic carbocycles. The average Bonchev–Trinajstić information content (AvgIpc) is 2.71. The van der Waals surface area contributed by atoms with Crippen LogP contribution in [0.25, 0.3) is 0 Å². The van der Waals surface area contributed by atoms with Crippen molar-refractivity contribution in [3.8, 4) is 0 Å². The molecule has 2 rings (SSSR count). The maximum Gasteiger partial charge on any atom is 0.169 e. The highest BCUT2D eigenvalue weighted by Gasteiger charge is 2.22. The molecule has 1 fully saturated rings. The van der Waals surface area contributed by atoms with Gasteiger partial charge in [-0.15, -0.1) is 0 Å². The molecule has 1 aromatic rings. The van der Waals surface area contributed by atoms with E-state index in [1.807, 2.05) is 6.07 Å². The molecule has 0 radical (unpaired) electrons. The maximum absolute atomic E-state index is 11.8. The molecule has 0 amide bonds. The fourth-order valence-electron chi connectivity index (χ4n) is 1.66. The molecule has 1 aliphatic rings. The molecule has 0 saturated carbocycles. The zero-order valence-corrected chi connectivity index (χ0v) is 7.45. The topological polar surface area (TPSA) is 42.1 Å². The van der Waals surface area contributed by atoms with Gasteiger partial charge in [-0.05, 0) is 18.9 Å². The zero-order valence-electron chi connectivity index (χ0n) is 7.45. The fraction of sp³-hybridized carbons (Fsp3) is 0.500. The van der Waals surface area contributed by atoms with Gasteiger partial charge in [0.25, 0.3) is 0 Å². The molecule has 1 aromatic heterocycles. The predicted octanol–water partition coefficient (Wildman–Crippen LogP) is 1.62. The molecule has 70 valence electrons. The van der Waals surface area contributed by atoms with Crippen molar-refractivity contribution in [2.24, 2.45) is 5.92 Å². The Morgan fingerprint density at radius 2 is 2.54 bits per heavy atom. The Morgan fingerprint density at radius 1 is 1.62 bits per heavy atom. The van der Waals surface area contributed by atoms with Crippen molar-refractivity contribution in [2.45, 2.75) is 12.8 Å². The van der Waals surface area contributed by atoms with Crippen molar-refractivity contribution in [2.75, 3.05) is 13.2 Å². The first-order valence-electron chi connectivity index (χ1n) is 4.62. The number of Topliss-reactive ketones (excluding diaryl/α,β-unsaturated/α-hetero) is 1. The number of ketones is 1. The Labute approximate surface area is 77.1 Å². The van der Waals surface area contributed by atoms with Crippen LogP contribution in [0, 0.1) is 5.92 Å². The second kappa shape index (κ2) is 3.75. The molecule has 0 aliphatic carbocycles. The van der Waals surface area contributed by atoms with Crippen molar-refractivity contribution in [1.29, 1.82) is 0 Å². The SMILES string of the molecule is O=C(c1cc[nH]c1)C1CCCOC1. The summed E-state index contributed by atoms with van der Waals surface area (Å²) in [6, 6.07) is 1.82. The Kier molecular flexibility index (Phi) is 2.45. The number of hydrogen-bond donors (Lipinski definition) is 1. The van der Waals surface area contributed by atoms with Crippen LogP contribution in [0.4, 0.5) is 0 Å². The summed E-state index contributed by atoms with van der Waals surface area (Å²) in [6.45, 7) is 1.39. The minimum absolute atomic E-state index is 0.0737. The van der Waals surface area contributed by atoms with Crippen LogP contribution < -0.4 is 0 Å². The molecule has 1 unspecified atom stereocenters.